The van der Waals surface area contributed by atoms with Crippen molar-refractivity contribution >= 4 is 17.9 Å². The van der Waals surface area contributed by atoms with E-state index in [1.807, 2.05) is 0 Å². The number of carbonyl (C=O) groups is 1. The molecule has 0 bridgehead atoms. The van der Waals surface area contributed by atoms with Crippen molar-refractivity contribution in [3.8, 4) is 5.75 Å². The Morgan fingerprint density at radius 2 is 2.25 bits per heavy atom. The summed E-state index contributed by atoms with van der Waals surface area (Å²) >= 11 is 5.90. The number of carbonyl (C=O) groups excluding carboxylic acids is 1. The lowest BCUT2D eigenvalue weighted by Gasteiger charge is -2.24. The molecular formula is C13H15ClO2. The lowest BCUT2D eigenvalue weighted by Crippen LogP contribution is -2.14. The van der Waals surface area contributed by atoms with Crippen LogP contribution in [0, 0.1) is 5.92 Å². The lowest BCUT2D eigenvalue weighted by molar-refractivity contribution is 0.112. The monoisotopic (exact) mass is 238 g/mol. The first-order chi connectivity index (χ1) is 7.79. The van der Waals surface area contributed by atoms with Crippen LogP contribution >= 0.6 is 11.6 Å². The Balaban J connectivity index is 1.84. The Bertz CT molecular complexity index is 372. The molecule has 1 aliphatic carbocycles. The summed E-state index contributed by atoms with van der Waals surface area (Å²) in [7, 11) is 0. The standard InChI is InChI=1S/C13H15ClO2/c14-13-8-12(5-4-11(13)9-15)16-7-6-10-2-1-3-10/h4-5,8-10H,1-3,6-7H2. The molecule has 0 aliphatic heterocycles. The molecule has 2 rings (SSSR count). The van der Waals surface area contributed by atoms with Crippen molar-refractivity contribution in [2.45, 2.75) is 25.7 Å². The first-order valence-corrected chi connectivity index (χ1v) is 6.05. The fraction of sp³-hybridized carbons (Fsp3) is 0.462. The molecule has 3 heteroatoms. The van der Waals surface area contributed by atoms with E-state index in [-0.39, 0.29) is 0 Å². The van der Waals surface area contributed by atoms with Gasteiger partial charge < -0.3 is 4.74 Å². The van der Waals surface area contributed by atoms with Crippen LogP contribution in [0.2, 0.25) is 5.02 Å². The van der Waals surface area contributed by atoms with Gasteiger partial charge in [0, 0.05) is 5.56 Å². The third-order valence-electron chi connectivity index (χ3n) is 3.12. The maximum atomic E-state index is 10.6. The first-order valence-electron chi connectivity index (χ1n) is 5.67. The molecule has 0 heterocycles. The summed E-state index contributed by atoms with van der Waals surface area (Å²) in [6, 6.07) is 5.18. The number of benzene rings is 1. The minimum Gasteiger partial charge on any atom is -0.494 e. The Morgan fingerprint density at radius 1 is 1.44 bits per heavy atom. The van der Waals surface area contributed by atoms with Gasteiger partial charge in [-0.1, -0.05) is 30.9 Å². The van der Waals surface area contributed by atoms with Gasteiger partial charge in [-0.3, -0.25) is 4.79 Å². The van der Waals surface area contributed by atoms with Crippen LogP contribution in [0.5, 0.6) is 5.75 Å². The third kappa shape index (κ3) is 2.76. The largest absolute Gasteiger partial charge is 0.494 e. The fourth-order valence-electron chi connectivity index (χ4n) is 1.82. The average Bonchev–Trinajstić information content (AvgIpc) is 2.22. The van der Waals surface area contributed by atoms with E-state index < -0.39 is 0 Å². The zero-order valence-corrected chi connectivity index (χ0v) is 9.87. The zero-order chi connectivity index (χ0) is 11.4. The first kappa shape index (κ1) is 11.5. The molecular weight excluding hydrogens is 224 g/mol. The summed E-state index contributed by atoms with van der Waals surface area (Å²) in [6.45, 7) is 0.738. The Kier molecular flexibility index (Phi) is 3.83. The summed E-state index contributed by atoms with van der Waals surface area (Å²) in [5.74, 6) is 1.60. The Labute approximate surface area is 101 Å². The number of ether oxygens (including phenoxy) is 1. The van der Waals surface area contributed by atoms with Crippen molar-refractivity contribution < 1.29 is 9.53 Å². The van der Waals surface area contributed by atoms with Gasteiger partial charge in [-0.25, -0.2) is 0 Å². The molecule has 0 unspecified atom stereocenters. The molecule has 16 heavy (non-hydrogen) atoms. The van der Waals surface area contributed by atoms with Gasteiger partial charge in [0.25, 0.3) is 0 Å². The number of hydrogen-bond acceptors (Lipinski definition) is 2. The van der Waals surface area contributed by atoms with E-state index in [9.17, 15) is 4.79 Å². The van der Waals surface area contributed by atoms with Crippen LogP contribution in [0.4, 0.5) is 0 Å². The minimum atomic E-state index is 0.455. The highest BCUT2D eigenvalue weighted by atomic mass is 35.5. The SMILES string of the molecule is O=Cc1ccc(OCCC2CCC2)cc1Cl. The van der Waals surface area contributed by atoms with Crippen LogP contribution in [-0.2, 0) is 0 Å². The van der Waals surface area contributed by atoms with E-state index in [1.165, 1.54) is 19.3 Å². The van der Waals surface area contributed by atoms with Crippen LogP contribution in [0.25, 0.3) is 0 Å². The van der Waals surface area contributed by atoms with Crippen LogP contribution in [0.3, 0.4) is 0 Å². The summed E-state index contributed by atoms with van der Waals surface area (Å²) in [5, 5.41) is 0.455. The topological polar surface area (TPSA) is 26.3 Å². The normalized spacial score (nSPS) is 15.6. The smallest absolute Gasteiger partial charge is 0.151 e. The van der Waals surface area contributed by atoms with Crippen LogP contribution in [-0.4, -0.2) is 12.9 Å². The van der Waals surface area contributed by atoms with Gasteiger partial charge in [-0.05, 0) is 30.5 Å². The Morgan fingerprint density at radius 3 is 2.81 bits per heavy atom. The molecule has 0 amide bonds. The van der Waals surface area contributed by atoms with E-state index in [1.54, 1.807) is 18.2 Å². The van der Waals surface area contributed by atoms with Gasteiger partial charge in [0.2, 0.25) is 0 Å². The minimum absolute atomic E-state index is 0.455. The molecule has 0 spiro atoms. The van der Waals surface area contributed by atoms with Gasteiger partial charge in [-0.2, -0.15) is 0 Å². The molecule has 0 saturated heterocycles. The molecule has 1 aromatic carbocycles. The number of hydrogen-bond donors (Lipinski definition) is 0. The molecule has 1 aromatic rings. The highest BCUT2D eigenvalue weighted by Gasteiger charge is 2.16. The van der Waals surface area contributed by atoms with E-state index in [2.05, 4.69) is 0 Å². The van der Waals surface area contributed by atoms with Gasteiger partial charge in [0.05, 0.1) is 11.6 Å². The molecule has 0 aromatic heterocycles. The molecule has 86 valence electrons. The van der Waals surface area contributed by atoms with Crippen molar-refractivity contribution in [1.29, 1.82) is 0 Å². The number of aldehydes is 1. The predicted molar refractivity (Wildman–Crippen MR) is 64.3 cm³/mol. The van der Waals surface area contributed by atoms with Crippen molar-refractivity contribution in [2.24, 2.45) is 5.92 Å². The predicted octanol–water partition coefficient (Wildman–Crippen LogP) is 3.72. The molecule has 0 N–H and O–H groups in total. The summed E-state index contributed by atoms with van der Waals surface area (Å²) in [5.41, 5.74) is 0.507. The van der Waals surface area contributed by atoms with E-state index in [4.69, 9.17) is 16.3 Å². The number of rotatable bonds is 5. The van der Waals surface area contributed by atoms with Crippen LogP contribution < -0.4 is 4.74 Å². The van der Waals surface area contributed by atoms with Gasteiger partial charge in [0.1, 0.15) is 5.75 Å². The third-order valence-corrected chi connectivity index (χ3v) is 3.45. The molecule has 1 fully saturated rings. The molecule has 2 nitrogen and oxygen atoms in total. The van der Waals surface area contributed by atoms with Gasteiger partial charge in [-0.15, -0.1) is 0 Å². The number of halogens is 1. The average molecular weight is 239 g/mol. The van der Waals surface area contributed by atoms with Crippen LogP contribution in [0.1, 0.15) is 36.0 Å². The maximum Gasteiger partial charge on any atom is 0.151 e. The quantitative estimate of drug-likeness (QED) is 0.731. The summed E-state index contributed by atoms with van der Waals surface area (Å²) in [4.78, 5) is 10.6. The summed E-state index contributed by atoms with van der Waals surface area (Å²) in [6.07, 6.45) is 5.92. The second-order valence-electron chi connectivity index (χ2n) is 4.24. The molecule has 0 atom stereocenters. The van der Waals surface area contributed by atoms with Crippen molar-refractivity contribution in [3.63, 3.8) is 0 Å². The fourth-order valence-corrected chi connectivity index (χ4v) is 2.03. The van der Waals surface area contributed by atoms with E-state index in [0.29, 0.717) is 10.6 Å². The lowest BCUT2D eigenvalue weighted by atomic mass is 9.83. The highest BCUT2D eigenvalue weighted by Crippen LogP contribution is 2.29. The molecule has 0 radical (unpaired) electrons. The summed E-state index contributed by atoms with van der Waals surface area (Å²) < 4.78 is 5.59. The van der Waals surface area contributed by atoms with Crippen molar-refractivity contribution in [2.75, 3.05) is 6.61 Å². The maximum absolute atomic E-state index is 10.6. The van der Waals surface area contributed by atoms with E-state index >= 15 is 0 Å². The zero-order valence-electron chi connectivity index (χ0n) is 9.12. The molecule has 1 saturated carbocycles. The van der Waals surface area contributed by atoms with E-state index in [0.717, 1.165) is 31.0 Å². The second-order valence-corrected chi connectivity index (χ2v) is 4.64. The van der Waals surface area contributed by atoms with Crippen molar-refractivity contribution in [1.82, 2.24) is 0 Å². The Hall–Kier alpha value is -1.02. The highest BCUT2D eigenvalue weighted by molar-refractivity contribution is 6.33. The van der Waals surface area contributed by atoms with Crippen molar-refractivity contribution in [3.05, 3.63) is 28.8 Å². The van der Waals surface area contributed by atoms with Gasteiger partial charge >= 0.3 is 0 Å². The molecule has 1 aliphatic rings. The second kappa shape index (κ2) is 5.35. The van der Waals surface area contributed by atoms with Gasteiger partial charge in [0.15, 0.2) is 6.29 Å². The van der Waals surface area contributed by atoms with Crippen LogP contribution in [0.15, 0.2) is 18.2 Å².